The van der Waals surface area contributed by atoms with Gasteiger partial charge in [0.05, 0.1) is 0 Å². The summed E-state index contributed by atoms with van der Waals surface area (Å²) in [4.78, 5) is 15.9. The highest BCUT2D eigenvalue weighted by Crippen LogP contribution is 2.26. The molecule has 0 bridgehead atoms. The summed E-state index contributed by atoms with van der Waals surface area (Å²) in [6.45, 7) is 3.99. The molecule has 0 aliphatic carbocycles. The topological polar surface area (TPSA) is 43.8 Å². The van der Waals surface area contributed by atoms with Crippen LogP contribution < -0.4 is 0 Å². The number of likely N-dealkylation sites (tertiary alicyclic amines) is 2. The molecular weight excluding hydrogens is 252 g/mol. The molecule has 2 aliphatic heterocycles. The number of aliphatic carboxylic acids is 1. The van der Waals surface area contributed by atoms with Gasteiger partial charge in [-0.15, -0.1) is 0 Å². The maximum absolute atomic E-state index is 11.3. The molecule has 0 saturated carbocycles. The Morgan fingerprint density at radius 2 is 2.00 bits per heavy atom. The molecule has 2 aliphatic rings. The summed E-state index contributed by atoms with van der Waals surface area (Å²) in [6, 6.07) is 10.7. The summed E-state index contributed by atoms with van der Waals surface area (Å²) in [5, 5.41) is 9.29. The third-order valence-electron chi connectivity index (χ3n) is 4.54. The lowest BCUT2D eigenvalue weighted by Gasteiger charge is -2.28. The van der Waals surface area contributed by atoms with E-state index in [0.29, 0.717) is 6.04 Å². The Kier molecular flexibility index (Phi) is 4.03. The molecule has 108 valence electrons. The molecular formula is C16H22N2O2. The van der Waals surface area contributed by atoms with Crippen LogP contribution in [0.15, 0.2) is 30.3 Å². The smallest absolute Gasteiger partial charge is 0.320 e. The molecule has 1 aromatic rings. The minimum Gasteiger partial charge on any atom is -0.480 e. The second kappa shape index (κ2) is 5.94. The number of hydrogen-bond acceptors (Lipinski definition) is 3. The van der Waals surface area contributed by atoms with Gasteiger partial charge in [0.15, 0.2) is 0 Å². The van der Waals surface area contributed by atoms with E-state index in [9.17, 15) is 9.90 Å². The van der Waals surface area contributed by atoms with Crippen molar-refractivity contribution in [3.05, 3.63) is 35.9 Å². The highest BCUT2D eigenvalue weighted by molar-refractivity contribution is 5.73. The molecule has 2 unspecified atom stereocenters. The first kappa shape index (κ1) is 13.6. The zero-order chi connectivity index (χ0) is 13.9. The fraction of sp³-hybridized carbons (Fsp3) is 0.562. The SMILES string of the molecule is O=C(O)C1CCCN1C1CCN(Cc2ccccc2)C1. The van der Waals surface area contributed by atoms with Gasteiger partial charge in [-0.3, -0.25) is 14.6 Å². The van der Waals surface area contributed by atoms with Gasteiger partial charge in [0.1, 0.15) is 6.04 Å². The molecule has 3 rings (SSSR count). The Hall–Kier alpha value is -1.39. The van der Waals surface area contributed by atoms with Crippen molar-refractivity contribution in [1.82, 2.24) is 9.80 Å². The van der Waals surface area contributed by atoms with Crippen LogP contribution in [0.2, 0.25) is 0 Å². The number of carboxylic acid groups (broad SMARTS) is 1. The van der Waals surface area contributed by atoms with Gasteiger partial charge in [0, 0.05) is 25.7 Å². The van der Waals surface area contributed by atoms with Crippen molar-refractivity contribution in [2.75, 3.05) is 19.6 Å². The summed E-state index contributed by atoms with van der Waals surface area (Å²) in [5.74, 6) is -0.649. The van der Waals surface area contributed by atoms with Crippen LogP contribution in [0.4, 0.5) is 0 Å². The van der Waals surface area contributed by atoms with Crippen LogP contribution >= 0.6 is 0 Å². The van der Waals surface area contributed by atoms with Crippen LogP contribution in [-0.2, 0) is 11.3 Å². The van der Waals surface area contributed by atoms with Gasteiger partial charge in [-0.25, -0.2) is 0 Å². The Morgan fingerprint density at radius 3 is 2.75 bits per heavy atom. The van der Waals surface area contributed by atoms with E-state index in [-0.39, 0.29) is 6.04 Å². The molecule has 1 aromatic carbocycles. The van der Waals surface area contributed by atoms with Crippen molar-refractivity contribution in [3.63, 3.8) is 0 Å². The Morgan fingerprint density at radius 1 is 1.20 bits per heavy atom. The number of hydrogen-bond donors (Lipinski definition) is 1. The van der Waals surface area contributed by atoms with Crippen molar-refractivity contribution in [2.45, 2.75) is 37.9 Å². The van der Waals surface area contributed by atoms with Gasteiger partial charge in [0.2, 0.25) is 0 Å². The second-order valence-corrected chi connectivity index (χ2v) is 5.90. The first-order valence-corrected chi connectivity index (χ1v) is 7.49. The quantitative estimate of drug-likeness (QED) is 0.909. The van der Waals surface area contributed by atoms with E-state index in [4.69, 9.17) is 0 Å². The molecule has 0 amide bonds. The summed E-state index contributed by atoms with van der Waals surface area (Å²) >= 11 is 0. The predicted molar refractivity (Wildman–Crippen MR) is 77.5 cm³/mol. The Bertz CT molecular complexity index is 463. The number of benzene rings is 1. The van der Waals surface area contributed by atoms with E-state index in [1.807, 2.05) is 6.07 Å². The first-order chi connectivity index (χ1) is 9.74. The number of carboxylic acids is 1. The number of nitrogens with zero attached hydrogens (tertiary/aromatic N) is 2. The van der Waals surface area contributed by atoms with Gasteiger partial charge < -0.3 is 5.11 Å². The van der Waals surface area contributed by atoms with Crippen LogP contribution in [0.1, 0.15) is 24.8 Å². The first-order valence-electron chi connectivity index (χ1n) is 7.49. The predicted octanol–water partition coefficient (Wildman–Crippen LogP) is 1.81. The Labute approximate surface area is 120 Å². The zero-order valence-electron chi connectivity index (χ0n) is 11.7. The Balaban J connectivity index is 1.58. The average molecular weight is 274 g/mol. The third kappa shape index (κ3) is 2.86. The van der Waals surface area contributed by atoms with Crippen LogP contribution in [0, 0.1) is 0 Å². The third-order valence-corrected chi connectivity index (χ3v) is 4.54. The fourth-order valence-electron chi connectivity index (χ4n) is 3.56. The van der Waals surface area contributed by atoms with Gasteiger partial charge in [-0.1, -0.05) is 30.3 Å². The number of carbonyl (C=O) groups is 1. The van der Waals surface area contributed by atoms with Crippen LogP contribution in [0.3, 0.4) is 0 Å². The van der Waals surface area contributed by atoms with E-state index in [2.05, 4.69) is 34.1 Å². The molecule has 2 heterocycles. The normalized spacial score (nSPS) is 28.0. The second-order valence-electron chi connectivity index (χ2n) is 5.90. The molecule has 20 heavy (non-hydrogen) atoms. The van der Waals surface area contributed by atoms with Crippen molar-refractivity contribution in [1.29, 1.82) is 0 Å². The summed E-state index contributed by atoms with van der Waals surface area (Å²) in [7, 11) is 0. The lowest BCUT2D eigenvalue weighted by Crippen LogP contribution is -2.44. The molecule has 0 radical (unpaired) electrons. The van der Waals surface area contributed by atoms with Crippen LogP contribution in [0.5, 0.6) is 0 Å². The molecule has 2 saturated heterocycles. The van der Waals surface area contributed by atoms with E-state index in [0.717, 1.165) is 45.4 Å². The van der Waals surface area contributed by atoms with Crippen molar-refractivity contribution < 1.29 is 9.90 Å². The molecule has 0 spiro atoms. The average Bonchev–Trinajstić information content (AvgIpc) is 3.07. The lowest BCUT2D eigenvalue weighted by atomic mass is 10.1. The molecule has 1 N–H and O–H groups in total. The maximum atomic E-state index is 11.3. The lowest BCUT2D eigenvalue weighted by molar-refractivity contribution is -0.142. The largest absolute Gasteiger partial charge is 0.480 e. The summed E-state index contributed by atoms with van der Waals surface area (Å²) in [6.07, 6.45) is 2.92. The standard InChI is InChI=1S/C16H22N2O2/c19-16(20)15-7-4-9-18(15)14-8-10-17(12-14)11-13-5-2-1-3-6-13/h1-3,5-6,14-15H,4,7-12H2,(H,19,20). The van der Waals surface area contributed by atoms with Gasteiger partial charge in [-0.05, 0) is 31.4 Å². The highest BCUT2D eigenvalue weighted by Gasteiger charge is 2.38. The molecule has 4 nitrogen and oxygen atoms in total. The molecule has 4 heteroatoms. The molecule has 2 fully saturated rings. The molecule has 0 aromatic heterocycles. The van der Waals surface area contributed by atoms with Crippen LogP contribution in [0.25, 0.3) is 0 Å². The molecule has 2 atom stereocenters. The minimum atomic E-state index is -0.649. The van der Waals surface area contributed by atoms with Gasteiger partial charge in [0.25, 0.3) is 0 Å². The van der Waals surface area contributed by atoms with E-state index < -0.39 is 5.97 Å². The number of rotatable bonds is 4. The van der Waals surface area contributed by atoms with Crippen molar-refractivity contribution in [2.24, 2.45) is 0 Å². The van der Waals surface area contributed by atoms with E-state index in [1.165, 1.54) is 5.56 Å². The summed E-state index contributed by atoms with van der Waals surface area (Å²) in [5.41, 5.74) is 1.34. The van der Waals surface area contributed by atoms with Crippen LogP contribution in [-0.4, -0.2) is 52.6 Å². The van der Waals surface area contributed by atoms with E-state index >= 15 is 0 Å². The zero-order valence-corrected chi connectivity index (χ0v) is 11.7. The van der Waals surface area contributed by atoms with E-state index in [1.54, 1.807) is 0 Å². The van der Waals surface area contributed by atoms with Gasteiger partial charge in [-0.2, -0.15) is 0 Å². The van der Waals surface area contributed by atoms with Gasteiger partial charge >= 0.3 is 5.97 Å². The highest BCUT2D eigenvalue weighted by atomic mass is 16.4. The van der Waals surface area contributed by atoms with Crippen molar-refractivity contribution >= 4 is 5.97 Å². The van der Waals surface area contributed by atoms with Crippen molar-refractivity contribution in [3.8, 4) is 0 Å². The summed E-state index contributed by atoms with van der Waals surface area (Å²) < 4.78 is 0. The monoisotopic (exact) mass is 274 g/mol. The fourth-order valence-corrected chi connectivity index (χ4v) is 3.56. The maximum Gasteiger partial charge on any atom is 0.320 e. The minimum absolute atomic E-state index is 0.253.